The highest BCUT2D eigenvalue weighted by Crippen LogP contribution is 2.32. The maximum Gasteiger partial charge on any atom is 0.358 e. The Morgan fingerprint density at radius 2 is 1.88 bits per heavy atom. The number of carbonyl (C=O) groups excluding carboxylic acids is 1. The lowest BCUT2D eigenvalue weighted by molar-refractivity contribution is 0.0686. The van der Waals surface area contributed by atoms with Crippen molar-refractivity contribution in [3.63, 3.8) is 0 Å². The van der Waals surface area contributed by atoms with Crippen molar-refractivity contribution in [3.8, 4) is 28.6 Å². The quantitative estimate of drug-likeness (QED) is 0.394. The zero-order valence-corrected chi connectivity index (χ0v) is 17.4. The van der Waals surface area contributed by atoms with E-state index in [1.54, 1.807) is 24.3 Å². The van der Waals surface area contributed by atoms with Crippen molar-refractivity contribution >= 4 is 17.7 Å². The standard InChI is InChI=1S/C22H20N4O7/c1-11(12-5-6-15-16(10-12)33-8-7-32-15)23-22(31)24-14-4-2-3-13(9-14)19-25-17(21(29)30)18(27)20(28)26-19/h2-6,9-11,27H,7-8H2,1H3,(H,29,30)(H2,23,24,31)(H,25,26,28). The van der Waals surface area contributed by atoms with Crippen LogP contribution in [0.5, 0.6) is 17.2 Å². The van der Waals surface area contributed by atoms with Gasteiger partial charge < -0.3 is 35.3 Å². The highest BCUT2D eigenvalue weighted by molar-refractivity contribution is 5.91. The molecule has 2 aromatic carbocycles. The first kappa shape index (κ1) is 21.7. The minimum absolute atomic E-state index is 0.0658. The largest absolute Gasteiger partial charge is 0.501 e. The number of hydrogen-bond donors (Lipinski definition) is 5. The first-order chi connectivity index (χ1) is 15.8. The van der Waals surface area contributed by atoms with Crippen molar-refractivity contribution in [2.24, 2.45) is 0 Å². The fourth-order valence-electron chi connectivity index (χ4n) is 3.27. The number of ether oxygens (including phenoxy) is 2. The first-order valence-electron chi connectivity index (χ1n) is 9.96. The van der Waals surface area contributed by atoms with Crippen molar-refractivity contribution < 1.29 is 29.3 Å². The summed E-state index contributed by atoms with van der Waals surface area (Å²) in [5, 5.41) is 24.2. The number of nitrogens with one attached hydrogen (secondary N) is 3. The third-order valence-corrected chi connectivity index (χ3v) is 4.91. The molecule has 0 saturated carbocycles. The van der Waals surface area contributed by atoms with Crippen molar-refractivity contribution in [3.05, 3.63) is 64.1 Å². The van der Waals surface area contributed by atoms with Gasteiger partial charge in [-0.25, -0.2) is 14.6 Å². The molecule has 11 nitrogen and oxygen atoms in total. The number of urea groups is 1. The lowest BCUT2D eigenvalue weighted by Crippen LogP contribution is -2.31. The molecule has 0 bridgehead atoms. The van der Waals surface area contributed by atoms with E-state index in [4.69, 9.17) is 14.6 Å². The van der Waals surface area contributed by atoms with Gasteiger partial charge in [-0.2, -0.15) is 0 Å². The van der Waals surface area contributed by atoms with Crippen molar-refractivity contribution in [2.45, 2.75) is 13.0 Å². The Hall–Kier alpha value is -4.54. The van der Waals surface area contributed by atoms with Crippen LogP contribution in [0.2, 0.25) is 0 Å². The number of nitrogens with zero attached hydrogens (tertiary/aromatic N) is 1. The summed E-state index contributed by atoms with van der Waals surface area (Å²) in [4.78, 5) is 41.7. The minimum atomic E-state index is -1.54. The van der Waals surface area contributed by atoms with Crippen LogP contribution < -0.4 is 25.7 Å². The van der Waals surface area contributed by atoms with Crippen LogP contribution in [-0.4, -0.2) is 45.4 Å². The predicted octanol–water partition coefficient (Wildman–Crippen LogP) is 2.49. The molecule has 0 radical (unpaired) electrons. The number of benzene rings is 2. The monoisotopic (exact) mass is 452 g/mol. The Labute approximate surface area is 187 Å². The Bertz CT molecular complexity index is 1290. The lowest BCUT2D eigenvalue weighted by Gasteiger charge is -2.21. The number of aromatic hydroxyl groups is 1. The Morgan fingerprint density at radius 3 is 2.64 bits per heavy atom. The van der Waals surface area contributed by atoms with Gasteiger partial charge in [0, 0.05) is 11.3 Å². The number of rotatable bonds is 5. The molecular weight excluding hydrogens is 432 g/mol. The number of fused-ring (bicyclic) bond motifs is 1. The van der Waals surface area contributed by atoms with E-state index in [9.17, 15) is 19.5 Å². The molecule has 0 saturated heterocycles. The number of H-pyrrole nitrogens is 1. The molecule has 0 fully saturated rings. The van der Waals surface area contributed by atoms with Gasteiger partial charge in [-0.05, 0) is 36.8 Å². The Kier molecular flexibility index (Phi) is 5.85. The number of carbonyl (C=O) groups is 2. The van der Waals surface area contributed by atoms with Gasteiger partial charge >= 0.3 is 12.0 Å². The van der Waals surface area contributed by atoms with Crippen molar-refractivity contribution in [2.75, 3.05) is 18.5 Å². The third-order valence-electron chi connectivity index (χ3n) is 4.91. The van der Waals surface area contributed by atoms with Crippen LogP contribution in [0, 0.1) is 0 Å². The summed E-state index contributed by atoms with van der Waals surface area (Å²) in [5.74, 6) is -1.30. The number of anilines is 1. The Morgan fingerprint density at radius 1 is 1.12 bits per heavy atom. The van der Waals surface area contributed by atoms with Gasteiger partial charge in [0.1, 0.15) is 19.0 Å². The van der Waals surface area contributed by atoms with Crippen LogP contribution >= 0.6 is 0 Å². The van der Waals surface area contributed by atoms with E-state index in [1.165, 1.54) is 6.07 Å². The summed E-state index contributed by atoms with van der Waals surface area (Å²) in [6.07, 6.45) is 0. The average Bonchev–Trinajstić information content (AvgIpc) is 2.80. The van der Waals surface area contributed by atoms with Gasteiger partial charge in [-0.15, -0.1) is 0 Å². The minimum Gasteiger partial charge on any atom is -0.501 e. The summed E-state index contributed by atoms with van der Waals surface area (Å²) >= 11 is 0. The number of aromatic nitrogens is 2. The van der Waals surface area contributed by atoms with E-state index in [1.807, 2.05) is 19.1 Å². The van der Waals surface area contributed by atoms with E-state index in [0.29, 0.717) is 36.0 Å². The summed E-state index contributed by atoms with van der Waals surface area (Å²) in [5.41, 5.74) is -0.200. The van der Waals surface area contributed by atoms with Crippen LogP contribution in [0.4, 0.5) is 10.5 Å². The van der Waals surface area contributed by atoms with Gasteiger partial charge in [0.25, 0.3) is 5.56 Å². The summed E-state index contributed by atoms with van der Waals surface area (Å²) in [7, 11) is 0. The number of carboxylic acid groups (broad SMARTS) is 1. The molecule has 33 heavy (non-hydrogen) atoms. The smallest absolute Gasteiger partial charge is 0.358 e. The van der Waals surface area contributed by atoms with Crippen LogP contribution in [0.25, 0.3) is 11.4 Å². The van der Waals surface area contributed by atoms with E-state index in [2.05, 4.69) is 20.6 Å². The Balaban J connectivity index is 1.48. The lowest BCUT2D eigenvalue weighted by atomic mass is 10.1. The SMILES string of the molecule is CC(NC(=O)Nc1cccc(-c2nc(C(=O)O)c(O)c(=O)[nH]2)c1)c1ccc2c(c1)OCCO2. The zero-order valence-electron chi connectivity index (χ0n) is 17.4. The summed E-state index contributed by atoms with van der Waals surface area (Å²) < 4.78 is 11.1. The molecule has 1 aliphatic heterocycles. The molecule has 3 aromatic rings. The van der Waals surface area contributed by atoms with Crippen LogP contribution in [0.1, 0.15) is 29.0 Å². The van der Waals surface area contributed by atoms with Gasteiger partial charge in [0.05, 0.1) is 6.04 Å². The normalized spacial score (nSPS) is 13.1. The molecule has 5 N–H and O–H groups in total. The molecular formula is C22H20N4O7. The second-order valence-corrected chi connectivity index (χ2v) is 7.22. The molecule has 1 aromatic heterocycles. The molecule has 2 heterocycles. The molecule has 1 unspecified atom stereocenters. The van der Waals surface area contributed by atoms with Gasteiger partial charge in [0.15, 0.2) is 17.2 Å². The average molecular weight is 452 g/mol. The first-order valence-corrected chi connectivity index (χ1v) is 9.96. The van der Waals surface area contributed by atoms with Gasteiger partial charge in [-0.3, -0.25) is 4.79 Å². The molecule has 1 atom stereocenters. The van der Waals surface area contributed by atoms with E-state index in [-0.39, 0.29) is 11.9 Å². The summed E-state index contributed by atoms with van der Waals surface area (Å²) in [6.45, 7) is 2.77. The second kappa shape index (κ2) is 8.91. The van der Waals surface area contributed by atoms with Gasteiger partial charge in [0.2, 0.25) is 5.75 Å². The topological polar surface area (TPSA) is 163 Å². The predicted molar refractivity (Wildman–Crippen MR) is 117 cm³/mol. The molecule has 4 rings (SSSR count). The molecule has 2 amide bonds. The molecule has 0 spiro atoms. The third kappa shape index (κ3) is 4.71. The maximum atomic E-state index is 12.5. The molecule has 170 valence electrons. The van der Waals surface area contributed by atoms with E-state index < -0.39 is 29.0 Å². The fraction of sp³-hybridized carbons (Fsp3) is 0.182. The van der Waals surface area contributed by atoms with Crippen LogP contribution in [0.15, 0.2) is 47.3 Å². The summed E-state index contributed by atoms with van der Waals surface area (Å²) in [6, 6.07) is 10.9. The van der Waals surface area contributed by atoms with Crippen LogP contribution in [0.3, 0.4) is 0 Å². The van der Waals surface area contributed by atoms with Gasteiger partial charge in [-0.1, -0.05) is 18.2 Å². The number of amides is 2. The zero-order chi connectivity index (χ0) is 23.5. The number of aromatic carboxylic acids is 1. The fourth-order valence-corrected chi connectivity index (χ4v) is 3.27. The van der Waals surface area contributed by atoms with E-state index >= 15 is 0 Å². The van der Waals surface area contributed by atoms with E-state index in [0.717, 1.165) is 5.56 Å². The molecule has 0 aliphatic carbocycles. The highest BCUT2D eigenvalue weighted by Gasteiger charge is 2.18. The molecule has 1 aliphatic rings. The van der Waals surface area contributed by atoms with Crippen LogP contribution in [-0.2, 0) is 0 Å². The van der Waals surface area contributed by atoms with Crippen molar-refractivity contribution in [1.29, 1.82) is 0 Å². The molecule has 11 heteroatoms. The number of aromatic amines is 1. The van der Waals surface area contributed by atoms with Crippen molar-refractivity contribution in [1.82, 2.24) is 15.3 Å². The highest BCUT2D eigenvalue weighted by atomic mass is 16.6. The number of hydrogen-bond acceptors (Lipinski definition) is 7. The maximum absolute atomic E-state index is 12.5. The number of carboxylic acids is 1. The second-order valence-electron chi connectivity index (χ2n) is 7.22.